The zero-order chi connectivity index (χ0) is 16.4. The van der Waals surface area contributed by atoms with E-state index in [2.05, 4.69) is 67.6 Å². The van der Waals surface area contributed by atoms with E-state index in [4.69, 9.17) is 0 Å². The first kappa shape index (κ1) is 20.4. The van der Waals surface area contributed by atoms with Crippen molar-refractivity contribution in [2.75, 3.05) is 19.7 Å². The number of para-hydroxylation sites is 1. The quantitative estimate of drug-likeness (QED) is 0.512. The highest BCUT2D eigenvalue weighted by molar-refractivity contribution is 5.43. The van der Waals surface area contributed by atoms with Crippen LogP contribution >= 0.6 is 0 Å². The topological polar surface area (TPSA) is 50.2 Å². The van der Waals surface area contributed by atoms with Gasteiger partial charge in [0, 0.05) is 12.2 Å². The monoisotopic (exact) mass is 329 g/mol. The van der Waals surface area contributed by atoms with Gasteiger partial charge in [-0.15, -0.1) is 0 Å². The largest absolute Gasteiger partial charge is 0.870 e. The van der Waals surface area contributed by atoms with Crippen LogP contribution < -0.4 is 4.48 Å². The van der Waals surface area contributed by atoms with Crippen LogP contribution in [-0.2, 0) is 6.54 Å². The maximum Gasteiger partial charge on any atom is 0.133 e. The Kier molecular flexibility index (Phi) is 9.31. The zero-order valence-electron chi connectivity index (χ0n) is 14.8. The lowest BCUT2D eigenvalue weighted by Crippen LogP contribution is -2.50. The van der Waals surface area contributed by atoms with Gasteiger partial charge in [0.15, 0.2) is 0 Å². The van der Waals surface area contributed by atoms with Gasteiger partial charge in [0.05, 0.1) is 13.1 Å². The Balaban J connectivity index is 0.00000288. The van der Waals surface area contributed by atoms with Crippen LogP contribution in [-0.4, -0.2) is 30.3 Å². The summed E-state index contributed by atoms with van der Waals surface area (Å²) < 4.78 is 0.985. The van der Waals surface area contributed by atoms with Gasteiger partial charge >= 0.3 is 0 Å². The molecule has 2 N–H and O–H groups in total. The van der Waals surface area contributed by atoms with E-state index in [0.717, 1.165) is 37.0 Å². The third-order valence-corrected chi connectivity index (χ3v) is 4.57. The molecule has 0 spiro atoms. The van der Waals surface area contributed by atoms with Gasteiger partial charge in [-0.1, -0.05) is 61.9 Å². The predicted molar refractivity (Wildman–Crippen MR) is 101 cm³/mol. The highest BCUT2D eigenvalue weighted by Crippen LogP contribution is 2.28. The van der Waals surface area contributed by atoms with Gasteiger partial charge in [-0.2, -0.15) is 0 Å². The van der Waals surface area contributed by atoms with Crippen LogP contribution in [0.2, 0.25) is 0 Å². The molecule has 132 valence electrons. The first-order valence-electron chi connectivity index (χ1n) is 8.87. The summed E-state index contributed by atoms with van der Waals surface area (Å²) in [7, 11) is 0. The molecule has 0 bridgehead atoms. The van der Waals surface area contributed by atoms with E-state index in [1.54, 1.807) is 0 Å². The van der Waals surface area contributed by atoms with Crippen molar-refractivity contribution in [3.05, 3.63) is 66.2 Å². The fourth-order valence-electron chi connectivity index (χ4n) is 3.28. The molecule has 3 nitrogen and oxygen atoms in total. The fourth-order valence-corrected chi connectivity index (χ4v) is 3.28. The van der Waals surface area contributed by atoms with Crippen molar-refractivity contribution < 1.29 is 10.6 Å². The molecule has 0 aliphatic rings. The molecule has 2 rings (SSSR count). The van der Waals surface area contributed by atoms with Crippen LogP contribution in [0.3, 0.4) is 0 Å². The fraction of sp³-hybridized carbons (Fsp3) is 0.429. The van der Waals surface area contributed by atoms with Gasteiger partial charge in [-0.05, 0) is 31.4 Å². The first-order valence-corrected chi connectivity index (χ1v) is 8.87. The Bertz CT molecular complexity index is 544. The van der Waals surface area contributed by atoms with Crippen molar-refractivity contribution in [3.8, 4) is 0 Å². The van der Waals surface area contributed by atoms with E-state index in [9.17, 15) is 5.11 Å². The number of nitrogens with zero attached hydrogens (tertiary/aromatic N) is 1. The number of benzene rings is 2. The first-order chi connectivity index (χ1) is 11.3. The van der Waals surface area contributed by atoms with E-state index >= 15 is 0 Å². The van der Waals surface area contributed by atoms with E-state index in [-0.39, 0.29) is 12.1 Å². The molecule has 0 radical (unpaired) electrons. The SMILES string of the molecule is CCCC[N+](CCCCO)(Cc1ccccc1)c1ccccc1.[OH-]. The summed E-state index contributed by atoms with van der Waals surface area (Å²) in [5.74, 6) is 0. The number of hydrogen-bond acceptors (Lipinski definition) is 2. The minimum Gasteiger partial charge on any atom is -0.870 e. The Morgan fingerprint density at radius 2 is 1.38 bits per heavy atom. The Hall–Kier alpha value is -1.68. The van der Waals surface area contributed by atoms with Crippen LogP contribution in [0.4, 0.5) is 5.69 Å². The summed E-state index contributed by atoms with van der Waals surface area (Å²) in [6.07, 6.45) is 4.37. The van der Waals surface area contributed by atoms with E-state index in [1.165, 1.54) is 24.1 Å². The number of aliphatic hydroxyl groups is 1. The molecule has 0 fully saturated rings. The van der Waals surface area contributed by atoms with Crippen LogP contribution in [0.15, 0.2) is 60.7 Å². The normalized spacial score (nSPS) is 13.1. The van der Waals surface area contributed by atoms with Gasteiger partial charge < -0.3 is 10.6 Å². The van der Waals surface area contributed by atoms with Crippen molar-refractivity contribution in [2.24, 2.45) is 0 Å². The van der Waals surface area contributed by atoms with Crippen molar-refractivity contribution in [3.63, 3.8) is 0 Å². The molecule has 3 heteroatoms. The van der Waals surface area contributed by atoms with E-state index in [0.29, 0.717) is 0 Å². The minimum atomic E-state index is 0. The van der Waals surface area contributed by atoms with Crippen LogP contribution in [0.25, 0.3) is 0 Å². The molecular formula is C21H31NO2. The second-order valence-corrected chi connectivity index (χ2v) is 6.36. The van der Waals surface area contributed by atoms with Gasteiger partial charge in [0.1, 0.15) is 12.2 Å². The zero-order valence-corrected chi connectivity index (χ0v) is 14.8. The Labute approximate surface area is 146 Å². The molecule has 0 saturated heterocycles. The minimum absolute atomic E-state index is 0. The van der Waals surface area contributed by atoms with Crippen molar-refractivity contribution >= 4 is 5.69 Å². The summed E-state index contributed by atoms with van der Waals surface area (Å²) in [5, 5.41) is 9.19. The predicted octanol–water partition coefficient (Wildman–Crippen LogP) is 4.59. The molecule has 2 aromatic rings. The molecule has 0 aliphatic carbocycles. The van der Waals surface area contributed by atoms with Crippen molar-refractivity contribution in [1.82, 2.24) is 4.48 Å². The molecular weight excluding hydrogens is 298 g/mol. The smallest absolute Gasteiger partial charge is 0.133 e. The van der Waals surface area contributed by atoms with Crippen LogP contribution in [0, 0.1) is 0 Å². The summed E-state index contributed by atoms with van der Waals surface area (Å²) in [4.78, 5) is 0. The number of quaternary nitrogens is 1. The summed E-state index contributed by atoms with van der Waals surface area (Å²) in [6.45, 7) is 5.81. The number of aliphatic hydroxyl groups excluding tert-OH is 1. The third-order valence-electron chi connectivity index (χ3n) is 4.57. The lowest BCUT2D eigenvalue weighted by Gasteiger charge is -2.39. The molecule has 0 amide bonds. The molecule has 0 aliphatic heterocycles. The van der Waals surface area contributed by atoms with Gasteiger partial charge in [-0.25, -0.2) is 0 Å². The second kappa shape index (κ2) is 11.0. The average molecular weight is 329 g/mol. The molecule has 0 aromatic heterocycles. The molecule has 0 saturated carbocycles. The molecule has 1 unspecified atom stereocenters. The molecule has 24 heavy (non-hydrogen) atoms. The van der Waals surface area contributed by atoms with Gasteiger partial charge in [-0.3, -0.25) is 4.48 Å². The van der Waals surface area contributed by atoms with E-state index in [1.807, 2.05) is 0 Å². The van der Waals surface area contributed by atoms with Crippen LogP contribution in [0.1, 0.15) is 38.2 Å². The molecule has 2 aromatic carbocycles. The summed E-state index contributed by atoms with van der Waals surface area (Å²) in [6, 6.07) is 21.7. The Morgan fingerprint density at radius 3 is 1.96 bits per heavy atom. The van der Waals surface area contributed by atoms with Gasteiger partial charge in [0.25, 0.3) is 0 Å². The Morgan fingerprint density at radius 1 is 0.792 bits per heavy atom. The van der Waals surface area contributed by atoms with E-state index < -0.39 is 0 Å². The third kappa shape index (κ3) is 5.75. The number of rotatable bonds is 10. The van der Waals surface area contributed by atoms with Crippen LogP contribution in [0.5, 0.6) is 0 Å². The summed E-state index contributed by atoms with van der Waals surface area (Å²) >= 11 is 0. The molecule has 0 heterocycles. The lowest BCUT2D eigenvalue weighted by atomic mass is 10.1. The number of unbranched alkanes of at least 4 members (excludes halogenated alkanes) is 2. The summed E-state index contributed by atoms with van der Waals surface area (Å²) in [5.41, 5.74) is 2.78. The maximum absolute atomic E-state index is 9.19. The second-order valence-electron chi connectivity index (χ2n) is 6.36. The van der Waals surface area contributed by atoms with Crippen molar-refractivity contribution in [2.45, 2.75) is 39.2 Å². The van der Waals surface area contributed by atoms with Gasteiger partial charge in [0.2, 0.25) is 0 Å². The average Bonchev–Trinajstić information content (AvgIpc) is 2.61. The number of hydrogen-bond donors (Lipinski definition) is 1. The standard InChI is InChI=1S/C21H30NO.H2O/c1-2-3-16-22(17-10-11-18-23,21-14-8-5-9-15-21)19-20-12-6-4-7-13-20;/h4-9,12-15,23H,2-3,10-11,16-19H2,1H3;1H2/q+1;/p-1. The van der Waals surface area contributed by atoms with Crippen molar-refractivity contribution in [1.29, 1.82) is 0 Å². The molecule has 1 atom stereocenters. The highest BCUT2D eigenvalue weighted by Gasteiger charge is 2.29. The lowest BCUT2D eigenvalue weighted by molar-refractivity contribution is 0.233. The highest BCUT2D eigenvalue weighted by atomic mass is 16.2. The maximum atomic E-state index is 9.19.